The number of amides is 4. The number of nitrogens with zero attached hydrogens (tertiary/aromatic N) is 3. The molecule has 1 saturated heterocycles. The predicted octanol–water partition coefficient (Wildman–Crippen LogP) is 2.44. The molecule has 0 aliphatic carbocycles. The molecule has 1 aliphatic heterocycles. The van der Waals surface area contributed by atoms with Gasteiger partial charge in [0.2, 0.25) is 17.7 Å². The van der Waals surface area contributed by atoms with Gasteiger partial charge in [-0.15, -0.1) is 11.3 Å². The minimum Gasteiger partial charge on any atom is -0.465 e. The summed E-state index contributed by atoms with van der Waals surface area (Å²) in [4.78, 5) is 59.6. The fourth-order valence-corrected chi connectivity index (χ4v) is 6.73. The Bertz CT molecular complexity index is 1490. The van der Waals surface area contributed by atoms with E-state index in [9.17, 15) is 24.3 Å². The monoisotopic (exact) mass is 792 g/mol. The molecule has 3 rings (SSSR count). The summed E-state index contributed by atoms with van der Waals surface area (Å²) in [6.45, 7) is 13.5. The minimum absolute atomic E-state index is 0.0180. The molecule has 17 heteroatoms. The normalized spacial score (nSPS) is 16.9. The molecule has 2 aromatic rings. The zero-order valence-corrected chi connectivity index (χ0v) is 33.8. The van der Waals surface area contributed by atoms with E-state index in [4.69, 9.17) is 24.1 Å². The van der Waals surface area contributed by atoms with Gasteiger partial charge in [-0.2, -0.15) is 0 Å². The second-order valence-corrected chi connectivity index (χ2v) is 15.5. The van der Waals surface area contributed by atoms with Crippen molar-refractivity contribution in [2.75, 3.05) is 86.1 Å². The fraction of sp³-hybridized carbons (Fsp3) is 0.658. The molecule has 308 valence electrons. The number of rotatable bonds is 24. The number of β-amino-alcohol motifs (C(OH)–C–C–N with tert-alkyl or cyclic N) is 1. The molecule has 5 N–H and O–H groups in total. The van der Waals surface area contributed by atoms with Crippen molar-refractivity contribution >= 4 is 35.2 Å². The SMILES string of the molecule is Cc1ncsc1-c1ccc(C(C)NC(=O)[C@@H]2C[C@@H](O)CN2C(=O)C(NC(=O)COCCOCCOCCOCCN(C)CCCNC(=O)O)C(C)(C)C)cc1. The third-order valence-electron chi connectivity index (χ3n) is 9.02. The second kappa shape index (κ2) is 23.4. The highest BCUT2D eigenvalue weighted by Gasteiger charge is 2.44. The number of hydrogen-bond acceptors (Lipinski definition) is 12. The number of aliphatic hydroxyl groups is 1. The van der Waals surface area contributed by atoms with Gasteiger partial charge in [-0.25, -0.2) is 9.78 Å². The Morgan fingerprint density at radius 1 is 0.964 bits per heavy atom. The summed E-state index contributed by atoms with van der Waals surface area (Å²) in [5.41, 5.74) is 4.02. The average Bonchev–Trinajstić information content (AvgIpc) is 3.75. The second-order valence-electron chi connectivity index (χ2n) is 14.7. The van der Waals surface area contributed by atoms with Crippen LogP contribution in [0.4, 0.5) is 4.79 Å². The number of ether oxygens (including phenoxy) is 4. The maximum absolute atomic E-state index is 13.9. The summed E-state index contributed by atoms with van der Waals surface area (Å²) in [5, 5.41) is 27.2. The van der Waals surface area contributed by atoms with Crippen LogP contribution >= 0.6 is 11.3 Å². The van der Waals surface area contributed by atoms with E-state index in [0.717, 1.165) is 41.2 Å². The first kappa shape index (κ1) is 45.7. The molecule has 1 aromatic heterocycles. The number of aromatic nitrogens is 1. The van der Waals surface area contributed by atoms with Crippen molar-refractivity contribution in [2.24, 2.45) is 5.41 Å². The van der Waals surface area contributed by atoms with Gasteiger partial charge in [0.25, 0.3) is 0 Å². The summed E-state index contributed by atoms with van der Waals surface area (Å²) < 4.78 is 22.0. The highest BCUT2D eigenvalue weighted by atomic mass is 32.1. The van der Waals surface area contributed by atoms with E-state index in [2.05, 4.69) is 25.8 Å². The van der Waals surface area contributed by atoms with Crippen LogP contribution in [0.1, 0.15) is 57.8 Å². The molecule has 4 atom stereocenters. The first-order valence-electron chi connectivity index (χ1n) is 18.7. The van der Waals surface area contributed by atoms with Crippen molar-refractivity contribution in [3.05, 3.63) is 41.0 Å². The number of likely N-dealkylation sites (N-methyl/N-ethyl adjacent to an activating group) is 1. The Morgan fingerprint density at radius 3 is 2.16 bits per heavy atom. The number of carboxylic acid groups (broad SMARTS) is 1. The molecule has 55 heavy (non-hydrogen) atoms. The van der Waals surface area contributed by atoms with Crippen LogP contribution in [0, 0.1) is 12.3 Å². The molecule has 4 amide bonds. The maximum atomic E-state index is 13.9. The summed E-state index contributed by atoms with van der Waals surface area (Å²) in [5.74, 6) is -1.30. The number of benzene rings is 1. The van der Waals surface area contributed by atoms with E-state index in [0.29, 0.717) is 39.6 Å². The van der Waals surface area contributed by atoms with Crippen molar-refractivity contribution in [3.63, 3.8) is 0 Å². The van der Waals surface area contributed by atoms with Crippen LogP contribution in [-0.2, 0) is 33.3 Å². The fourth-order valence-electron chi connectivity index (χ4n) is 5.92. The third kappa shape index (κ3) is 16.1. The number of aliphatic hydroxyl groups excluding tert-OH is 1. The molecule has 0 radical (unpaired) electrons. The van der Waals surface area contributed by atoms with E-state index in [1.54, 1.807) is 11.3 Å². The summed E-state index contributed by atoms with van der Waals surface area (Å²) in [6.07, 6.45) is -1.07. The Labute approximate surface area is 328 Å². The van der Waals surface area contributed by atoms with Crippen LogP contribution in [0.5, 0.6) is 0 Å². The van der Waals surface area contributed by atoms with E-state index >= 15 is 0 Å². The van der Waals surface area contributed by atoms with Gasteiger partial charge >= 0.3 is 6.09 Å². The lowest BCUT2D eigenvalue weighted by molar-refractivity contribution is -0.144. The summed E-state index contributed by atoms with van der Waals surface area (Å²) in [7, 11) is 1.95. The van der Waals surface area contributed by atoms with Gasteiger partial charge in [0.15, 0.2) is 0 Å². The van der Waals surface area contributed by atoms with Crippen molar-refractivity contribution < 1.29 is 48.3 Å². The van der Waals surface area contributed by atoms with Crippen LogP contribution < -0.4 is 16.0 Å². The molecule has 2 unspecified atom stereocenters. The molecule has 16 nitrogen and oxygen atoms in total. The lowest BCUT2D eigenvalue weighted by atomic mass is 9.85. The number of carbonyl (C=O) groups is 4. The van der Waals surface area contributed by atoms with Crippen LogP contribution in [0.3, 0.4) is 0 Å². The van der Waals surface area contributed by atoms with Crippen LogP contribution in [0.2, 0.25) is 0 Å². The van der Waals surface area contributed by atoms with Crippen molar-refractivity contribution in [1.82, 2.24) is 30.7 Å². The highest BCUT2D eigenvalue weighted by Crippen LogP contribution is 2.29. The van der Waals surface area contributed by atoms with E-state index in [1.807, 2.05) is 71.4 Å². The number of nitrogens with one attached hydrogen (secondary N) is 3. The Balaban J connectivity index is 1.33. The van der Waals surface area contributed by atoms with Crippen LogP contribution in [0.25, 0.3) is 10.4 Å². The lowest BCUT2D eigenvalue weighted by Gasteiger charge is -2.35. The smallest absolute Gasteiger partial charge is 0.404 e. The number of hydrogen-bond donors (Lipinski definition) is 5. The van der Waals surface area contributed by atoms with Gasteiger partial charge in [-0.1, -0.05) is 45.0 Å². The average molecular weight is 793 g/mol. The van der Waals surface area contributed by atoms with Gasteiger partial charge in [-0.3, -0.25) is 14.4 Å². The first-order valence-corrected chi connectivity index (χ1v) is 19.6. The molecule has 0 bridgehead atoms. The predicted molar refractivity (Wildman–Crippen MR) is 208 cm³/mol. The van der Waals surface area contributed by atoms with Gasteiger partial charge < -0.3 is 54.9 Å². The van der Waals surface area contributed by atoms with Crippen molar-refractivity contribution in [3.8, 4) is 10.4 Å². The lowest BCUT2D eigenvalue weighted by Crippen LogP contribution is -2.58. The molecule has 0 spiro atoms. The summed E-state index contributed by atoms with van der Waals surface area (Å²) >= 11 is 1.57. The number of likely N-dealkylation sites (tertiary alicyclic amines) is 1. The number of carbonyl (C=O) groups excluding carboxylic acids is 3. The molecular weight excluding hydrogens is 733 g/mol. The standard InChI is InChI=1S/C38H60N6O10S/c1-26(28-8-10-29(11-9-28)33-27(2)40-25-55-33)41-35(47)31-22-30(45)23-44(31)36(48)34(38(3,4)5)42-32(46)24-54-21-20-53-19-18-52-17-16-51-15-14-43(6)13-7-12-39-37(49)50/h8-11,25-26,30-31,34,39,45H,7,12-24H2,1-6H3,(H,41,47)(H,42,46)(H,49,50)/t26?,30-,31+,34?/m1/s1. The molecule has 1 fully saturated rings. The maximum Gasteiger partial charge on any atom is 0.404 e. The largest absolute Gasteiger partial charge is 0.465 e. The van der Waals surface area contributed by atoms with Crippen molar-refractivity contribution in [2.45, 2.75) is 71.7 Å². The molecule has 1 aromatic carbocycles. The Hall–Kier alpha value is -3.71. The molecule has 1 aliphatic rings. The minimum atomic E-state index is -1.02. The Kier molecular flexibility index (Phi) is 19.4. The third-order valence-corrected chi connectivity index (χ3v) is 10.00. The molecular formula is C38H60N6O10S. The van der Waals surface area contributed by atoms with Crippen LogP contribution in [-0.4, -0.2) is 153 Å². The Morgan fingerprint density at radius 2 is 1.58 bits per heavy atom. The van der Waals surface area contributed by atoms with Gasteiger partial charge in [0.05, 0.1) is 74.5 Å². The number of thiazole rings is 1. The van der Waals surface area contributed by atoms with Gasteiger partial charge in [0.1, 0.15) is 18.7 Å². The first-order chi connectivity index (χ1) is 26.2. The van der Waals surface area contributed by atoms with E-state index in [1.165, 1.54) is 4.90 Å². The quantitative estimate of drug-likeness (QED) is 0.0975. The van der Waals surface area contributed by atoms with Gasteiger partial charge in [-0.05, 0) is 50.4 Å². The molecule has 2 heterocycles. The summed E-state index contributed by atoms with van der Waals surface area (Å²) in [6, 6.07) is 5.71. The highest BCUT2D eigenvalue weighted by molar-refractivity contribution is 7.13. The van der Waals surface area contributed by atoms with Crippen LogP contribution in [0.15, 0.2) is 29.8 Å². The molecule has 0 saturated carbocycles. The van der Waals surface area contributed by atoms with E-state index < -0.39 is 41.5 Å². The number of aryl methyl sites for hydroxylation is 1. The van der Waals surface area contributed by atoms with E-state index in [-0.39, 0.29) is 44.7 Å². The topological polar surface area (TPSA) is 201 Å². The zero-order chi connectivity index (χ0) is 40.4. The van der Waals surface area contributed by atoms with Crippen molar-refractivity contribution in [1.29, 1.82) is 0 Å². The zero-order valence-electron chi connectivity index (χ0n) is 33.0. The van der Waals surface area contributed by atoms with Gasteiger partial charge in [0, 0.05) is 26.1 Å².